The van der Waals surface area contributed by atoms with Crippen molar-refractivity contribution in [3.8, 4) is 17.0 Å². The SMILES string of the molecule is COC(=O)C(=O)c1ccccc1COc1ccc(-c2cc(Cl)n(C)n2)cc1C. The van der Waals surface area contributed by atoms with E-state index in [0.717, 1.165) is 16.8 Å². The average molecular weight is 399 g/mol. The van der Waals surface area contributed by atoms with Crippen molar-refractivity contribution in [2.45, 2.75) is 13.5 Å². The molecular weight excluding hydrogens is 380 g/mol. The maximum absolute atomic E-state index is 12.2. The summed E-state index contributed by atoms with van der Waals surface area (Å²) in [7, 11) is 2.96. The fourth-order valence-electron chi connectivity index (χ4n) is 2.78. The average Bonchev–Trinajstić information content (AvgIpc) is 3.04. The molecule has 0 spiro atoms. The Morgan fingerprint density at radius 3 is 2.54 bits per heavy atom. The van der Waals surface area contributed by atoms with Crippen LogP contribution in [0.5, 0.6) is 5.75 Å². The molecule has 0 N–H and O–H groups in total. The van der Waals surface area contributed by atoms with Crippen molar-refractivity contribution in [1.29, 1.82) is 0 Å². The van der Waals surface area contributed by atoms with Gasteiger partial charge in [-0.2, -0.15) is 5.10 Å². The Bertz CT molecular complexity index is 1020. The highest BCUT2D eigenvalue weighted by molar-refractivity contribution is 6.40. The molecule has 3 aromatic rings. The van der Waals surface area contributed by atoms with Gasteiger partial charge in [0.25, 0.3) is 5.78 Å². The largest absolute Gasteiger partial charge is 0.489 e. The summed E-state index contributed by atoms with van der Waals surface area (Å²) < 4.78 is 12.0. The molecule has 144 valence electrons. The Hall–Kier alpha value is -3.12. The summed E-state index contributed by atoms with van der Waals surface area (Å²) in [6.45, 7) is 2.07. The van der Waals surface area contributed by atoms with E-state index in [1.54, 1.807) is 42.1 Å². The zero-order chi connectivity index (χ0) is 20.3. The van der Waals surface area contributed by atoms with Gasteiger partial charge in [0.05, 0.1) is 12.8 Å². The van der Waals surface area contributed by atoms with E-state index in [-0.39, 0.29) is 12.2 Å². The smallest absolute Gasteiger partial charge is 0.379 e. The summed E-state index contributed by atoms with van der Waals surface area (Å²) >= 11 is 6.06. The number of carbonyl (C=O) groups is 2. The molecule has 2 aromatic carbocycles. The highest BCUT2D eigenvalue weighted by Crippen LogP contribution is 2.27. The number of carbonyl (C=O) groups excluding carboxylic acids is 2. The molecule has 0 radical (unpaired) electrons. The second-order valence-electron chi connectivity index (χ2n) is 6.22. The van der Waals surface area contributed by atoms with Crippen LogP contribution >= 0.6 is 11.6 Å². The van der Waals surface area contributed by atoms with Crippen molar-refractivity contribution < 1.29 is 19.1 Å². The molecule has 28 heavy (non-hydrogen) atoms. The highest BCUT2D eigenvalue weighted by Gasteiger charge is 2.20. The minimum absolute atomic E-state index is 0.147. The predicted octanol–water partition coefficient (Wildman–Crippen LogP) is 3.98. The van der Waals surface area contributed by atoms with Crippen molar-refractivity contribution in [3.63, 3.8) is 0 Å². The lowest BCUT2D eigenvalue weighted by Gasteiger charge is -2.12. The molecule has 0 saturated heterocycles. The van der Waals surface area contributed by atoms with E-state index >= 15 is 0 Å². The number of rotatable bonds is 6. The summed E-state index contributed by atoms with van der Waals surface area (Å²) in [6, 6.07) is 14.3. The number of halogens is 1. The second kappa shape index (κ2) is 8.27. The Labute approximate surface area is 167 Å². The number of aromatic nitrogens is 2. The van der Waals surface area contributed by atoms with Crippen molar-refractivity contribution in [2.75, 3.05) is 7.11 Å². The Kier molecular flexibility index (Phi) is 5.80. The van der Waals surface area contributed by atoms with Gasteiger partial charge in [0, 0.05) is 29.8 Å². The lowest BCUT2D eigenvalue weighted by atomic mass is 10.0. The van der Waals surface area contributed by atoms with Crippen LogP contribution in [0, 0.1) is 6.92 Å². The molecule has 0 amide bonds. The number of Topliss-reactive ketones (excluding diaryl/α,β-unsaturated/α-hetero) is 1. The first kappa shape index (κ1) is 19.6. The van der Waals surface area contributed by atoms with E-state index in [1.165, 1.54) is 7.11 Å². The van der Waals surface area contributed by atoms with Crippen LogP contribution in [0.15, 0.2) is 48.5 Å². The minimum Gasteiger partial charge on any atom is -0.489 e. The zero-order valence-corrected chi connectivity index (χ0v) is 16.5. The van der Waals surface area contributed by atoms with E-state index in [0.29, 0.717) is 16.5 Å². The minimum atomic E-state index is -0.901. The molecule has 6 nitrogen and oxygen atoms in total. The number of ether oxygens (including phenoxy) is 2. The molecular formula is C21H19ClN2O4. The lowest BCUT2D eigenvalue weighted by Crippen LogP contribution is -2.18. The summed E-state index contributed by atoms with van der Waals surface area (Å²) in [6.07, 6.45) is 0. The number of aryl methyl sites for hydroxylation is 2. The van der Waals surface area contributed by atoms with Gasteiger partial charge in [-0.15, -0.1) is 0 Å². The van der Waals surface area contributed by atoms with Crippen molar-refractivity contribution in [3.05, 3.63) is 70.4 Å². The van der Waals surface area contributed by atoms with Gasteiger partial charge >= 0.3 is 5.97 Å². The quantitative estimate of drug-likeness (QED) is 0.357. The van der Waals surface area contributed by atoms with Crippen LogP contribution in [0.1, 0.15) is 21.5 Å². The maximum atomic E-state index is 12.2. The Balaban J connectivity index is 1.79. The third-order valence-electron chi connectivity index (χ3n) is 4.31. The molecule has 0 fully saturated rings. The summed E-state index contributed by atoms with van der Waals surface area (Å²) in [5.74, 6) is -0.922. The third kappa shape index (κ3) is 4.07. The molecule has 0 aliphatic rings. The normalized spacial score (nSPS) is 10.6. The molecule has 3 rings (SSSR count). The van der Waals surface area contributed by atoms with Gasteiger partial charge in [-0.25, -0.2) is 4.79 Å². The first-order valence-corrected chi connectivity index (χ1v) is 8.92. The first-order chi connectivity index (χ1) is 13.4. The number of hydrogen-bond acceptors (Lipinski definition) is 5. The monoisotopic (exact) mass is 398 g/mol. The van der Waals surface area contributed by atoms with Gasteiger partial charge < -0.3 is 9.47 Å². The Morgan fingerprint density at radius 1 is 1.14 bits per heavy atom. The van der Waals surface area contributed by atoms with Gasteiger partial charge in [-0.1, -0.05) is 35.9 Å². The van der Waals surface area contributed by atoms with Crippen LogP contribution in [0.3, 0.4) is 0 Å². The number of hydrogen-bond donors (Lipinski definition) is 0. The van der Waals surface area contributed by atoms with Gasteiger partial charge in [-0.3, -0.25) is 9.48 Å². The molecule has 0 saturated carbocycles. The van der Waals surface area contributed by atoms with Crippen LogP contribution in [-0.4, -0.2) is 28.6 Å². The molecule has 0 bridgehead atoms. The van der Waals surface area contributed by atoms with Crippen molar-refractivity contribution in [1.82, 2.24) is 9.78 Å². The summed E-state index contributed by atoms with van der Waals surface area (Å²) in [4.78, 5) is 23.7. The lowest BCUT2D eigenvalue weighted by molar-refractivity contribution is -0.135. The number of nitrogens with zero attached hydrogens (tertiary/aromatic N) is 2. The fraction of sp³-hybridized carbons (Fsp3) is 0.190. The molecule has 0 unspecified atom stereocenters. The van der Waals surface area contributed by atoms with Crippen LogP contribution in [0.2, 0.25) is 5.15 Å². The molecule has 1 heterocycles. The fourth-order valence-corrected chi connectivity index (χ4v) is 2.92. The van der Waals surface area contributed by atoms with E-state index in [1.807, 2.05) is 25.1 Å². The number of ketones is 1. The maximum Gasteiger partial charge on any atom is 0.379 e. The van der Waals surface area contributed by atoms with Gasteiger partial charge in [0.15, 0.2) is 0 Å². The molecule has 1 aromatic heterocycles. The Morgan fingerprint density at radius 2 is 1.89 bits per heavy atom. The van der Waals surface area contributed by atoms with E-state index in [4.69, 9.17) is 16.3 Å². The van der Waals surface area contributed by atoms with Crippen LogP contribution < -0.4 is 4.74 Å². The second-order valence-corrected chi connectivity index (χ2v) is 6.61. The molecule has 7 heteroatoms. The van der Waals surface area contributed by atoms with Crippen LogP contribution in [-0.2, 0) is 23.2 Å². The predicted molar refractivity (Wildman–Crippen MR) is 106 cm³/mol. The van der Waals surface area contributed by atoms with Gasteiger partial charge in [0.2, 0.25) is 0 Å². The van der Waals surface area contributed by atoms with E-state index in [2.05, 4.69) is 9.84 Å². The van der Waals surface area contributed by atoms with E-state index in [9.17, 15) is 9.59 Å². The zero-order valence-electron chi connectivity index (χ0n) is 15.7. The number of methoxy groups -OCH3 is 1. The van der Waals surface area contributed by atoms with Gasteiger partial charge in [0.1, 0.15) is 17.5 Å². The molecule has 0 atom stereocenters. The van der Waals surface area contributed by atoms with E-state index < -0.39 is 11.8 Å². The van der Waals surface area contributed by atoms with Crippen LogP contribution in [0.4, 0.5) is 0 Å². The molecule has 0 aliphatic carbocycles. The first-order valence-electron chi connectivity index (χ1n) is 8.54. The number of esters is 1. The standard InChI is InChI=1S/C21H19ClN2O4/c1-13-10-14(17-11-19(22)24(2)23-17)8-9-18(13)28-12-15-6-4-5-7-16(15)20(25)21(26)27-3/h4-11H,12H2,1-3H3. The van der Waals surface area contributed by atoms with Crippen molar-refractivity contribution >= 4 is 23.4 Å². The molecule has 0 aliphatic heterocycles. The third-order valence-corrected chi connectivity index (χ3v) is 4.66. The van der Waals surface area contributed by atoms with Crippen molar-refractivity contribution in [2.24, 2.45) is 7.05 Å². The summed E-state index contributed by atoms with van der Waals surface area (Å²) in [5.41, 5.74) is 3.49. The van der Waals surface area contributed by atoms with Crippen LogP contribution in [0.25, 0.3) is 11.3 Å². The summed E-state index contributed by atoms with van der Waals surface area (Å²) in [5, 5.41) is 4.92. The highest BCUT2D eigenvalue weighted by atomic mass is 35.5. The van der Waals surface area contributed by atoms with Gasteiger partial charge in [-0.05, 0) is 30.7 Å². The number of benzene rings is 2. The topological polar surface area (TPSA) is 70.4 Å².